The van der Waals surface area contributed by atoms with Crippen LogP contribution in [0.3, 0.4) is 0 Å². The summed E-state index contributed by atoms with van der Waals surface area (Å²) in [6.45, 7) is 0.444. The topological polar surface area (TPSA) is 51.2 Å². The third kappa shape index (κ3) is 4.45. The van der Waals surface area contributed by atoms with Crippen molar-refractivity contribution >= 4 is 22.9 Å². The van der Waals surface area contributed by atoms with Crippen LogP contribution in [0, 0.1) is 0 Å². The zero-order valence-electron chi connectivity index (χ0n) is 15.0. The Bertz CT molecular complexity index is 1040. The zero-order valence-corrected chi connectivity index (χ0v) is 15.9. The average molecular weight is 386 g/mol. The lowest BCUT2D eigenvalue weighted by atomic mass is 10.1. The first-order valence-corrected chi connectivity index (χ1v) is 9.75. The Balaban J connectivity index is 1.39. The number of carbonyl (C=O) groups is 1. The molecule has 0 aliphatic rings. The van der Waals surface area contributed by atoms with Crippen LogP contribution in [0.2, 0.25) is 0 Å². The second-order valence-corrected chi connectivity index (χ2v) is 7.07. The van der Waals surface area contributed by atoms with Crippen molar-refractivity contribution in [2.75, 3.05) is 5.32 Å². The second kappa shape index (κ2) is 8.50. The third-order valence-electron chi connectivity index (χ3n) is 4.13. The Morgan fingerprint density at radius 1 is 0.893 bits per heavy atom. The van der Waals surface area contributed by atoms with Gasteiger partial charge in [-0.25, -0.2) is 4.98 Å². The third-order valence-corrected chi connectivity index (χ3v) is 4.95. The van der Waals surface area contributed by atoms with E-state index in [0.717, 1.165) is 27.7 Å². The smallest absolute Gasteiger partial charge is 0.255 e. The van der Waals surface area contributed by atoms with Crippen molar-refractivity contribution in [3.05, 3.63) is 101 Å². The van der Waals surface area contributed by atoms with Gasteiger partial charge in [0, 0.05) is 22.2 Å². The summed E-state index contributed by atoms with van der Waals surface area (Å²) < 4.78 is 5.75. The lowest BCUT2D eigenvalue weighted by Gasteiger charge is -2.06. The number of benzene rings is 3. The summed E-state index contributed by atoms with van der Waals surface area (Å²) in [4.78, 5) is 16.9. The molecule has 1 heterocycles. The maximum Gasteiger partial charge on any atom is 0.255 e. The van der Waals surface area contributed by atoms with Gasteiger partial charge >= 0.3 is 0 Å². The van der Waals surface area contributed by atoms with Gasteiger partial charge in [0.05, 0.1) is 5.69 Å². The van der Waals surface area contributed by atoms with E-state index in [2.05, 4.69) is 10.3 Å². The van der Waals surface area contributed by atoms with Gasteiger partial charge in [-0.3, -0.25) is 4.79 Å². The number of anilines is 1. The fraction of sp³-hybridized carbons (Fsp3) is 0.0435. The van der Waals surface area contributed by atoms with Crippen molar-refractivity contribution in [3.63, 3.8) is 0 Å². The second-order valence-electron chi connectivity index (χ2n) is 6.13. The van der Waals surface area contributed by atoms with Crippen LogP contribution in [0.1, 0.15) is 15.4 Å². The van der Waals surface area contributed by atoms with Crippen LogP contribution in [-0.4, -0.2) is 10.9 Å². The van der Waals surface area contributed by atoms with Gasteiger partial charge in [-0.05, 0) is 36.4 Å². The molecule has 0 unspecified atom stereocenters. The van der Waals surface area contributed by atoms with E-state index in [4.69, 9.17) is 4.74 Å². The zero-order chi connectivity index (χ0) is 19.2. The van der Waals surface area contributed by atoms with E-state index in [0.29, 0.717) is 12.2 Å². The van der Waals surface area contributed by atoms with Gasteiger partial charge < -0.3 is 10.1 Å². The number of aromatic nitrogens is 1. The molecule has 1 N–H and O–H groups in total. The summed E-state index contributed by atoms with van der Waals surface area (Å²) in [7, 11) is 0. The molecule has 0 saturated carbocycles. The van der Waals surface area contributed by atoms with E-state index in [1.807, 2.05) is 78.2 Å². The summed E-state index contributed by atoms with van der Waals surface area (Å²) in [5, 5.41) is 5.84. The molecule has 4 rings (SSSR count). The van der Waals surface area contributed by atoms with Gasteiger partial charge in [0.1, 0.15) is 17.4 Å². The van der Waals surface area contributed by atoms with Crippen molar-refractivity contribution in [3.8, 4) is 17.0 Å². The summed E-state index contributed by atoms with van der Waals surface area (Å²) in [5.74, 6) is 0.708. The number of amides is 1. The number of hydrogen-bond acceptors (Lipinski definition) is 4. The van der Waals surface area contributed by atoms with Crippen LogP contribution in [0.15, 0.2) is 90.3 Å². The van der Waals surface area contributed by atoms with Gasteiger partial charge in [0.25, 0.3) is 5.91 Å². The van der Waals surface area contributed by atoms with E-state index >= 15 is 0 Å². The van der Waals surface area contributed by atoms with E-state index in [1.54, 1.807) is 23.5 Å². The molecular formula is C23H18N2O2S. The van der Waals surface area contributed by atoms with Gasteiger partial charge in [0.2, 0.25) is 0 Å². The molecule has 4 nitrogen and oxygen atoms in total. The number of thiazole rings is 1. The molecule has 0 radical (unpaired) electrons. The molecule has 0 fully saturated rings. The number of hydrogen-bond donors (Lipinski definition) is 1. The summed E-state index contributed by atoms with van der Waals surface area (Å²) in [6.07, 6.45) is 0. The Morgan fingerprint density at radius 2 is 1.57 bits per heavy atom. The Morgan fingerprint density at radius 3 is 2.29 bits per heavy atom. The maximum atomic E-state index is 12.2. The summed E-state index contributed by atoms with van der Waals surface area (Å²) in [5.41, 5.74) is 3.28. The number of rotatable bonds is 6. The monoisotopic (exact) mass is 386 g/mol. The molecule has 138 valence electrons. The minimum absolute atomic E-state index is 0.123. The number of nitrogens with zero attached hydrogens (tertiary/aromatic N) is 1. The molecule has 1 aromatic heterocycles. The summed E-state index contributed by atoms with van der Waals surface area (Å²) >= 11 is 1.57. The minimum atomic E-state index is -0.123. The van der Waals surface area contributed by atoms with E-state index in [-0.39, 0.29) is 5.91 Å². The highest BCUT2D eigenvalue weighted by Crippen LogP contribution is 2.24. The molecule has 0 saturated heterocycles. The predicted molar refractivity (Wildman–Crippen MR) is 113 cm³/mol. The Kier molecular flexibility index (Phi) is 5.45. The number of para-hydroxylation sites is 1. The molecule has 5 heteroatoms. The van der Waals surface area contributed by atoms with Crippen molar-refractivity contribution < 1.29 is 9.53 Å². The lowest BCUT2D eigenvalue weighted by Crippen LogP contribution is -2.11. The molecule has 0 spiro atoms. The molecule has 0 atom stereocenters. The molecule has 0 aliphatic heterocycles. The van der Waals surface area contributed by atoms with Crippen LogP contribution in [0.4, 0.5) is 5.69 Å². The average Bonchev–Trinajstić information content (AvgIpc) is 3.23. The first-order valence-electron chi connectivity index (χ1n) is 8.87. The quantitative estimate of drug-likeness (QED) is 0.466. The van der Waals surface area contributed by atoms with E-state index < -0.39 is 0 Å². The minimum Gasteiger partial charge on any atom is -0.486 e. The van der Waals surface area contributed by atoms with Gasteiger partial charge in [-0.15, -0.1) is 11.3 Å². The van der Waals surface area contributed by atoms with Crippen LogP contribution < -0.4 is 10.1 Å². The summed E-state index contributed by atoms with van der Waals surface area (Å²) in [6, 6.07) is 26.5. The van der Waals surface area contributed by atoms with Gasteiger partial charge in [-0.2, -0.15) is 0 Å². The van der Waals surface area contributed by atoms with Gasteiger partial charge in [0.15, 0.2) is 0 Å². The fourth-order valence-corrected chi connectivity index (χ4v) is 3.40. The standard InChI is InChI=1S/C23H18N2O2S/c26-23(18-7-3-1-4-8-18)24-19-13-11-17(12-14-19)21-16-28-22(25-21)15-27-20-9-5-2-6-10-20/h1-14,16H,15H2,(H,24,26). The molecule has 4 aromatic rings. The first-order chi connectivity index (χ1) is 13.8. The molecule has 28 heavy (non-hydrogen) atoms. The molecular weight excluding hydrogens is 368 g/mol. The van der Waals surface area contributed by atoms with E-state index in [9.17, 15) is 4.79 Å². The number of ether oxygens (including phenoxy) is 1. The normalized spacial score (nSPS) is 10.4. The Hall–Kier alpha value is -3.44. The molecule has 0 bridgehead atoms. The van der Waals surface area contributed by atoms with Gasteiger partial charge in [-0.1, -0.05) is 48.5 Å². The highest BCUT2D eigenvalue weighted by Gasteiger charge is 2.08. The molecule has 1 amide bonds. The number of nitrogens with one attached hydrogen (secondary N) is 1. The van der Waals surface area contributed by atoms with Crippen LogP contribution in [0.25, 0.3) is 11.3 Å². The first kappa shape index (κ1) is 17.9. The van der Waals surface area contributed by atoms with Crippen molar-refractivity contribution in [1.82, 2.24) is 4.98 Å². The predicted octanol–water partition coefficient (Wildman–Crippen LogP) is 5.64. The van der Waals surface area contributed by atoms with Crippen molar-refractivity contribution in [2.24, 2.45) is 0 Å². The highest BCUT2D eigenvalue weighted by atomic mass is 32.1. The van der Waals surface area contributed by atoms with Crippen molar-refractivity contribution in [2.45, 2.75) is 6.61 Å². The molecule has 0 aliphatic carbocycles. The fourth-order valence-electron chi connectivity index (χ4n) is 2.69. The van der Waals surface area contributed by atoms with Crippen LogP contribution >= 0.6 is 11.3 Å². The van der Waals surface area contributed by atoms with E-state index in [1.165, 1.54) is 0 Å². The largest absolute Gasteiger partial charge is 0.486 e. The lowest BCUT2D eigenvalue weighted by molar-refractivity contribution is 0.102. The van der Waals surface area contributed by atoms with Crippen LogP contribution in [0.5, 0.6) is 5.75 Å². The SMILES string of the molecule is O=C(Nc1ccc(-c2csc(COc3ccccc3)n2)cc1)c1ccccc1. The Labute approximate surface area is 167 Å². The number of carbonyl (C=O) groups excluding carboxylic acids is 1. The van der Waals surface area contributed by atoms with Crippen molar-refractivity contribution in [1.29, 1.82) is 0 Å². The highest BCUT2D eigenvalue weighted by molar-refractivity contribution is 7.09. The van der Waals surface area contributed by atoms with Crippen LogP contribution in [-0.2, 0) is 6.61 Å². The molecule has 3 aromatic carbocycles. The maximum absolute atomic E-state index is 12.2.